The molecule has 1 aromatic heterocycles. The van der Waals surface area contributed by atoms with Gasteiger partial charge in [0, 0.05) is 6.92 Å². The number of carbonyl (C=O) groups excluding carboxylic acids is 2. The first-order chi connectivity index (χ1) is 10.4. The molecule has 0 aliphatic carbocycles. The molecule has 0 radical (unpaired) electrons. The van der Waals surface area contributed by atoms with Crippen LogP contribution in [0.5, 0.6) is 5.75 Å². The number of anilines is 1. The Labute approximate surface area is 141 Å². The summed E-state index contributed by atoms with van der Waals surface area (Å²) in [6.07, 6.45) is 0. The van der Waals surface area contributed by atoms with Gasteiger partial charge in [-0.05, 0) is 46.1 Å². The van der Waals surface area contributed by atoms with Crippen LogP contribution in [0.3, 0.4) is 0 Å². The molecular formula is C12H8IN3O5S. The first kappa shape index (κ1) is 16.3. The average molecular weight is 433 g/mol. The van der Waals surface area contributed by atoms with Gasteiger partial charge in [0.1, 0.15) is 5.75 Å². The Hall–Kier alpha value is -2.08. The van der Waals surface area contributed by atoms with Crippen LogP contribution in [0.4, 0.5) is 10.1 Å². The van der Waals surface area contributed by atoms with Crippen LogP contribution in [0.15, 0.2) is 24.3 Å². The predicted molar refractivity (Wildman–Crippen MR) is 87.2 cm³/mol. The van der Waals surface area contributed by atoms with Crippen molar-refractivity contribution in [1.29, 1.82) is 0 Å². The molecule has 0 aliphatic heterocycles. The predicted octanol–water partition coefficient (Wildman–Crippen LogP) is 2.83. The molecule has 0 bridgehead atoms. The first-order valence-corrected chi connectivity index (χ1v) is 7.67. The highest BCUT2D eigenvalue weighted by atomic mass is 127. The molecule has 10 heteroatoms. The van der Waals surface area contributed by atoms with Crippen molar-refractivity contribution in [3.8, 4) is 5.75 Å². The number of hydrogen-bond acceptors (Lipinski definition) is 7. The summed E-state index contributed by atoms with van der Waals surface area (Å²) < 4.78 is 5.14. The number of para-hydroxylation sites is 1. The monoisotopic (exact) mass is 433 g/mol. The van der Waals surface area contributed by atoms with E-state index >= 15 is 0 Å². The molecule has 0 unspecified atom stereocenters. The molecule has 1 aromatic carbocycles. The van der Waals surface area contributed by atoms with Crippen molar-refractivity contribution in [2.75, 3.05) is 5.32 Å². The van der Waals surface area contributed by atoms with Crippen LogP contribution in [0.25, 0.3) is 0 Å². The number of ether oxygens (including phenoxy) is 1. The number of nitrogens with one attached hydrogen (secondary N) is 1. The highest BCUT2D eigenvalue weighted by Crippen LogP contribution is 2.32. The molecule has 0 atom stereocenters. The molecule has 22 heavy (non-hydrogen) atoms. The van der Waals surface area contributed by atoms with Gasteiger partial charge < -0.3 is 4.74 Å². The van der Waals surface area contributed by atoms with E-state index in [0.717, 1.165) is 11.3 Å². The number of aromatic nitrogens is 1. The number of amides is 1. The maximum atomic E-state index is 12.2. The number of carbonyl (C=O) groups is 2. The molecule has 2 rings (SSSR count). The standard InChI is InChI=1S/C12H8IN3O5S/c1-6(17)21-8-5-3-2-4-7(8)10(18)15-12-14-9(13)11(22-12)16(19)20/h2-5H,1H3,(H,14,15,18). The second-order valence-electron chi connectivity index (χ2n) is 3.92. The van der Waals surface area contributed by atoms with E-state index in [1.807, 2.05) is 0 Å². The van der Waals surface area contributed by atoms with Crippen LogP contribution in [0, 0.1) is 13.8 Å². The molecule has 0 fully saturated rings. The minimum absolute atomic E-state index is 0.0960. The zero-order valence-corrected chi connectivity index (χ0v) is 14.0. The largest absolute Gasteiger partial charge is 0.426 e. The Morgan fingerprint density at radius 2 is 2.09 bits per heavy atom. The van der Waals surface area contributed by atoms with E-state index in [9.17, 15) is 19.7 Å². The van der Waals surface area contributed by atoms with E-state index in [-0.39, 0.29) is 25.1 Å². The smallest absolute Gasteiger partial charge is 0.359 e. The Morgan fingerprint density at radius 3 is 2.68 bits per heavy atom. The molecule has 114 valence electrons. The Balaban J connectivity index is 2.24. The van der Waals surface area contributed by atoms with Crippen molar-refractivity contribution < 1.29 is 19.2 Å². The van der Waals surface area contributed by atoms with Crippen LogP contribution >= 0.6 is 33.9 Å². The zero-order chi connectivity index (χ0) is 16.3. The molecule has 0 saturated carbocycles. The lowest BCUT2D eigenvalue weighted by atomic mass is 10.2. The minimum Gasteiger partial charge on any atom is -0.426 e. The fourth-order valence-corrected chi connectivity index (χ4v) is 3.12. The summed E-state index contributed by atoms with van der Waals surface area (Å²) in [6.45, 7) is 1.22. The molecule has 1 amide bonds. The Kier molecular flexibility index (Phi) is 5.03. The number of benzene rings is 1. The fraction of sp³-hybridized carbons (Fsp3) is 0.0833. The van der Waals surface area contributed by atoms with Crippen molar-refractivity contribution in [3.05, 3.63) is 43.6 Å². The summed E-state index contributed by atoms with van der Waals surface area (Å²) in [6, 6.07) is 6.17. The maximum absolute atomic E-state index is 12.2. The van der Waals surface area contributed by atoms with Gasteiger partial charge in [0.25, 0.3) is 5.91 Å². The summed E-state index contributed by atoms with van der Waals surface area (Å²) >= 11 is 2.47. The summed E-state index contributed by atoms with van der Waals surface area (Å²) in [5.74, 6) is -1.02. The molecule has 0 spiro atoms. The quantitative estimate of drug-likeness (QED) is 0.261. The number of halogens is 1. The molecular weight excluding hydrogens is 425 g/mol. The third-order valence-corrected chi connectivity index (χ3v) is 4.38. The van der Waals surface area contributed by atoms with Crippen LogP contribution in [0.1, 0.15) is 17.3 Å². The second kappa shape index (κ2) is 6.79. The summed E-state index contributed by atoms with van der Waals surface area (Å²) in [5.41, 5.74) is 0.130. The zero-order valence-electron chi connectivity index (χ0n) is 11.0. The molecule has 8 nitrogen and oxygen atoms in total. The highest BCUT2D eigenvalue weighted by Gasteiger charge is 2.21. The summed E-state index contributed by atoms with van der Waals surface area (Å²) in [7, 11) is 0. The van der Waals surface area contributed by atoms with Gasteiger partial charge in [-0.2, -0.15) is 0 Å². The molecule has 1 heterocycles. The normalized spacial score (nSPS) is 10.1. The summed E-state index contributed by atoms with van der Waals surface area (Å²) in [5, 5.41) is 13.2. The molecule has 0 aliphatic rings. The third kappa shape index (κ3) is 3.76. The van der Waals surface area contributed by atoms with Crippen LogP contribution in [-0.4, -0.2) is 21.8 Å². The van der Waals surface area contributed by atoms with Crippen molar-refractivity contribution in [2.24, 2.45) is 0 Å². The van der Waals surface area contributed by atoms with E-state index in [2.05, 4.69) is 10.3 Å². The Morgan fingerprint density at radius 1 is 1.41 bits per heavy atom. The number of nitro groups is 1. The van der Waals surface area contributed by atoms with Gasteiger partial charge >= 0.3 is 11.0 Å². The molecule has 1 N–H and O–H groups in total. The highest BCUT2D eigenvalue weighted by molar-refractivity contribution is 14.1. The SMILES string of the molecule is CC(=O)Oc1ccccc1C(=O)Nc1nc(I)c([N+](=O)[O-])s1. The number of nitrogens with zero attached hydrogens (tertiary/aromatic N) is 2. The lowest BCUT2D eigenvalue weighted by Gasteiger charge is -2.07. The van der Waals surface area contributed by atoms with E-state index in [0.29, 0.717) is 0 Å². The maximum Gasteiger partial charge on any atom is 0.359 e. The number of rotatable bonds is 4. The lowest BCUT2D eigenvalue weighted by molar-refractivity contribution is -0.381. The van der Waals surface area contributed by atoms with E-state index < -0.39 is 16.8 Å². The van der Waals surface area contributed by atoms with Crippen molar-refractivity contribution in [2.45, 2.75) is 6.92 Å². The van der Waals surface area contributed by atoms with E-state index in [4.69, 9.17) is 4.74 Å². The van der Waals surface area contributed by atoms with Crippen LogP contribution < -0.4 is 10.1 Å². The molecule has 2 aromatic rings. The van der Waals surface area contributed by atoms with Crippen molar-refractivity contribution >= 4 is 55.9 Å². The first-order valence-electron chi connectivity index (χ1n) is 5.78. The number of hydrogen-bond donors (Lipinski definition) is 1. The third-order valence-electron chi connectivity index (χ3n) is 2.34. The molecule has 0 saturated heterocycles. The van der Waals surface area contributed by atoms with Gasteiger partial charge in [-0.15, -0.1) is 0 Å². The van der Waals surface area contributed by atoms with Gasteiger partial charge in [0.15, 0.2) is 8.83 Å². The lowest BCUT2D eigenvalue weighted by Crippen LogP contribution is -2.14. The average Bonchev–Trinajstić information content (AvgIpc) is 2.79. The van der Waals surface area contributed by atoms with Gasteiger partial charge in [-0.1, -0.05) is 12.1 Å². The van der Waals surface area contributed by atoms with Crippen LogP contribution in [0.2, 0.25) is 0 Å². The van der Waals surface area contributed by atoms with Gasteiger partial charge in [-0.25, -0.2) is 4.98 Å². The topological polar surface area (TPSA) is 111 Å². The van der Waals surface area contributed by atoms with Crippen molar-refractivity contribution in [3.63, 3.8) is 0 Å². The number of thiazole rings is 1. The summed E-state index contributed by atoms with van der Waals surface area (Å²) in [4.78, 5) is 37.3. The number of esters is 1. The van der Waals surface area contributed by atoms with Crippen molar-refractivity contribution in [1.82, 2.24) is 4.98 Å². The van der Waals surface area contributed by atoms with Gasteiger partial charge in [-0.3, -0.25) is 25.0 Å². The van der Waals surface area contributed by atoms with Gasteiger partial charge in [0.05, 0.1) is 10.5 Å². The second-order valence-corrected chi connectivity index (χ2v) is 5.92. The van der Waals surface area contributed by atoms with Gasteiger partial charge in [0.2, 0.25) is 0 Å². The fourth-order valence-electron chi connectivity index (χ4n) is 1.52. The minimum atomic E-state index is -0.572. The Bertz CT molecular complexity index is 761. The van der Waals surface area contributed by atoms with E-state index in [1.54, 1.807) is 34.7 Å². The van der Waals surface area contributed by atoms with Crippen LogP contribution in [-0.2, 0) is 4.79 Å². The van der Waals surface area contributed by atoms with E-state index in [1.165, 1.54) is 19.1 Å².